The molecule has 0 spiro atoms. The van der Waals surface area contributed by atoms with E-state index in [1.165, 1.54) is 6.33 Å². The molecule has 94 valence electrons. The summed E-state index contributed by atoms with van der Waals surface area (Å²) >= 11 is 0. The molecule has 0 amide bonds. The lowest BCUT2D eigenvalue weighted by Crippen LogP contribution is -2.10. The summed E-state index contributed by atoms with van der Waals surface area (Å²) < 4.78 is 6.61. The van der Waals surface area contributed by atoms with Gasteiger partial charge in [-0.3, -0.25) is 9.48 Å². The summed E-state index contributed by atoms with van der Waals surface area (Å²) in [5, 5.41) is 4.09. The summed E-state index contributed by atoms with van der Waals surface area (Å²) in [4.78, 5) is 19.6. The topological polar surface area (TPSA) is 69.9 Å². The molecule has 6 heteroatoms. The van der Waals surface area contributed by atoms with Crippen LogP contribution in [0.4, 0.5) is 0 Å². The van der Waals surface area contributed by atoms with Crippen LogP contribution in [0.1, 0.15) is 12.6 Å². The number of aryl methyl sites for hydroxylation is 1. The molecule has 0 aliphatic rings. The lowest BCUT2D eigenvalue weighted by atomic mass is 10.1. The van der Waals surface area contributed by atoms with Crippen molar-refractivity contribution in [3.63, 3.8) is 0 Å². The van der Waals surface area contributed by atoms with Gasteiger partial charge in [-0.05, 0) is 6.92 Å². The summed E-state index contributed by atoms with van der Waals surface area (Å²) in [7, 11) is 1.83. The van der Waals surface area contributed by atoms with Crippen LogP contribution >= 0.6 is 0 Å². The zero-order valence-corrected chi connectivity index (χ0v) is 10.3. The summed E-state index contributed by atoms with van der Waals surface area (Å²) in [6, 6.07) is 0. The van der Waals surface area contributed by atoms with E-state index in [2.05, 4.69) is 15.1 Å². The summed E-state index contributed by atoms with van der Waals surface area (Å²) in [6.45, 7) is 2.14. The smallest absolute Gasteiger partial charge is 0.311 e. The fourth-order valence-electron chi connectivity index (χ4n) is 1.65. The lowest BCUT2D eigenvalue weighted by Gasteiger charge is -2.05. The second-order valence-electron chi connectivity index (χ2n) is 3.77. The number of nitrogens with zero attached hydrogens (tertiary/aromatic N) is 4. The van der Waals surface area contributed by atoms with Crippen LogP contribution in [0, 0.1) is 0 Å². The zero-order chi connectivity index (χ0) is 13.0. The van der Waals surface area contributed by atoms with Crippen LogP contribution in [0.15, 0.2) is 24.9 Å². The van der Waals surface area contributed by atoms with Gasteiger partial charge in [0.2, 0.25) is 0 Å². The molecule has 0 radical (unpaired) electrons. The largest absolute Gasteiger partial charge is 0.466 e. The molecular weight excluding hydrogens is 232 g/mol. The first kappa shape index (κ1) is 12.2. The van der Waals surface area contributed by atoms with E-state index >= 15 is 0 Å². The first-order valence-corrected chi connectivity index (χ1v) is 5.64. The van der Waals surface area contributed by atoms with E-state index < -0.39 is 0 Å². The second kappa shape index (κ2) is 5.39. The number of rotatable bonds is 4. The average molecular weight is 246 g/mol. The average Bonchev–Trinajstić information content (AvgIpc) is 2.77. The van der Waals surface area contributed by atoms with E-state index in [0.717, 1.165) is 11.1 Å². The predicted molar refractivity (Wildman–Crippen MR) is 64.6 cm³/mol. The Kier molecular flexibility index (Phi) is 3.66. The fourth-order valence-corrected chi connectivity index (χ4v) is 1.65. The molecule has 2 heterocycles. The van der Waals surface area contributed by atoms with Crippen molar-refractivity contribution in [3.05, 3.63) is 30.6 Å². The molecule has 0 fully saturated rings. The molecule has 2 aromatic heterocycles. The van der Waals surface area contributed by atoms with Gasteiger partial charge >= 0.3 is 5.97 Å². The Morgan fingerprint density at radius 2 is 2.28 bits per heavy atom. The maximum atomic E-state index is 11.5. The molecule has 0 aliphatic carbocycles. The third kappa shape index (κ3) is 2.71. The van der Waals surface area contributed by atoms with E-state index in [9.17, 15) is 4.79 Å². The minimum absolute atomic E-state index is 0.139. The van der Waals surface area contributed by atoms with Crippen molar-refractivity contribution in [3.8, 4) is 11.1 Å². The molecule has 0 N–H and O–H groups in total. The highest BCUT2D eigenvalue weighted by atomic mass is 16.5. The Morgan fingerprint density at radius 3 is 2.94 bits per heavy atom. The standard InChI is InChI=1S/C12H14N4O2/c1-3-18-12(17)4-11-10(6-13-8-14-11)9-5-15-16(2)7-9/h5-8H,3-4H2,1-2H3. The SMILES string of the molecule is CCOC(=O)Cc1ncncc1-c1cnn(C)c1. The first-order chi connectivity index (χ1) is 8.70. The molecule has 6 nitrogen and oxygen atoms in total. The third-order valence-corrected chi connectivity index (χ3v) is 2.43. The molecule has 2 rings (SSSR count). The van der Waals surface area contributed by atoms with Gasteiger partial charge in [-0.2, -0.15) is 5.10 Å². The molecule has 0 atom stereocenters. The van der Waals surface area contributed by atoms with Crippen LogP contribution in [0.3, 0.4) is 0 Å². The molecule has 0 unspecified atom stereocenters. The number of aromatic nitrogens is 4. The van der Waals surface area contributed by atoms with Crippen LogP contribution in [0.2, 0.25) is 0 Å². The minimum Gasteiger partial charge on any atom is -0.466 e. The zero-order valence-electron chi connectivity index (χ0n) is 10.3. The van der Waals surface area contributed by atoms with Crippen molar-refractivity contribution in [1.29, 1.82) is 0 Å². The molecule has 0 aliphatic heterocycles. The van der Waals surface area contributed by atoms with Crippen LogP contribution in [-0.4, -0.2) is 32.3 Å². The first-order valence-electron chi connectivity index (χ1n) is 5.64. The van der Waals surface area contributed by atoms with Crippen molar-refractivity contribution in [2.45, 2.75) is 13.3 Å². The fraction of sp³-hybridized carbons (Fsp3) is 0.333. The number of esters is 1. The quantitative estimate of drug-likeness (QED) is 0.752. The van der Waals surface area contributed by atoms with Crippen LogP contribution in [0.25, 0.3) is 11.1 Å². The Hall–Kier alpha value is -2.24. The predicted octanol–water partition coefficient (Wildman–Crippen LogP) is 0.983. The number of carbonyl (C=O) groups excluding carboxylic acids is 1. The normalized spacial score (nSPS) is 10.3. The van der Waals surface area contributed by atoms with Gasteiger partial charge in [0, 0.05) is 30.6 Å². The van der Waals surface area contributed by atoms with Gasteiger partial charge in [-0.15, -0.1) is 0 Å². The van der Waals surface area contributed by atoms with E-state index in [1.54, 1.807) is 24.0 Å². The molecule has 0 saturated carbocycles. The van der Waals surface area contributed by atoms with Crippen molar-refractivity contribution in [2.75, 3.05) is 6.61 Å². The van der Waals surface area contributed by atoms with E-state index in [-0.39, 0.29) is 12.4 Å². The number of carbonyl (C=O) groups is 1. The van der Waals surface area contributed by atoms with Crippen molar-refractivity contribution in [1.82, 2.24) is 19.7 Å². The molecular formula is C12H14N4O2. The van der Waals surface area contributed by atoms with Gasteiger partial charge in [0.1, 0.15) is 6.33 Å². The summed E-state index contributed by atoms with van der Waals surface area (Å²) in [6.07, 6.45) is 6.81. The molecule has 0 aromatic carbocycles. The minimum atomic E-state index is -0.290. The van der Waals surface area contributed by atoms with Crippen LogP contribution in [-0.2, 0) is 23.0 Å². The van der Waals surface area contributed by atoms with Crippen LogP contribution < -0.4 is 0 Å². The van der Waals surface area contributed by atoms with Crippen molar-refractivity contribution < 1.29 is 9.53 Å². The molecule has 0 bridgehead atoms. The Labute approximate surface area is 105 Å². The van der Waals surface area contributed by atoms with Gasteiger partial charge in [0.05, 0.1) is 24.9 Å². The molecule has 0 saturated heterocycles. The highest BCUT2D eigenvalue weighted by molar-refractivity contribution is 5.76. The lowest BCUT2D eigenvalue weighted by molar-refractivity contribution is -0.142. The second-order valence-corrected chi connectivity index (χ2v) is 3.77. The van der Waals surface area contributed by atoms with Gasteiger partial charge in [-0.1, -0.05) is 0 Å². The van der Waals surface area contributed by atoms with Crippen LogP contribution in [0.5, 0.6) is 0 Å². The van der Waals surface area contributed by atoms with Crippen molar-refractivity contribution >= 4 is 5.97 Å². The Morgan fingerprint density at radius 1 is 1.44 bits per heavy atom. The van der Waals surface area contributed by atoms with Gasteiger partial charge < -0.3 is 4.74 Å². The Balaban J connectivity index is 2.28. The van der Waals surface area contributed by atoms with Gasteiger partial charge in [0.25, 0.3) is 0 Å². The Bertz CT molecular complexity index is 551. The van der Waals surface area contributed by atoms with E-state index in [4.69, 9.17) is 4.74 Å². The highest BCUT2D eigenvalue weighted by Crippen LogP contribution is 2.20. The molecule has 18 heavy (non-hydrogen) atoms. The van der Waals surface area contributed by atoms with Gasteiger partial charge in [0.15, 0.2) is 0 Å². The highest BCUT2D eigenvalue weighted by Gasteiger charge is 2.12. The number of hydrogen-bond acceptors (Lipinski definition) is 5. The summed E-state index contributed by atoms with van der Waals surface area (Å²) in [5.41, 5.74) is 2.34. The number of ether oxygens (including phenoxy) is 1. The maximum Gasteiger partial charge on any atom is 0.311 e. The van der Waals surface area contributed by atoms with E-state index in [0.29, 0.717) is 12.3 Å². The third-order valence-electron chi connectivity index (χ3n) is 2.43. The maximum absolute atomic E-state index is 11.5. The summed E-state index contributed by atoms with van der Waals surface area (Å²) in [5.74, 6) is -0.290. The monoisotopic (exact) mass is 246 g/mol. The van der Waals surface area contributed by atoms with Gasteiger partial charge in [-0.25, -0.2) is 9.97 Å². The van der Waals surface area contributed by atoms with Crippen molar-refractivity contribution in [2.24, 2.45) is 7.05 Å². The molecule has 2 aromatic rings. The number of hydrogen-bond donors (Lipinski definition) is 0. The van der Waals surface area contributed by atoms with E-state index in [1.807, 2.05) is 13.2 Å².